The normalized spacial score (nSPS) is 10.4. The first-order valence-corrected chi connectivity index (χ1v) is 9.74. The van der Waals surface area contributed by atoms with Gasteiger partial charge in [0.2, 0.25) is 11.8 Å². The van der Waals surface area contributed by atoms with E-state index < -0.39 is 0 Å². The van der Waals surface area contributed by atoms with E-state index in [1.807, 2.05) is 18.2 Å². The van der Waals surface area contributed by atoms with E-state index in [1.165, 1.54) is 6.08 Å². The second-order valence-electron chi connectivity index (χ2n) is 5.94. The molecule has 0 aliphatic heterocycles. The molecule has 0 spiro atoms. The van der Waals surface area contributed by atoms with Crippen molar-refractivity contribution < 1.29 is 19.1 Å². The highest BCUT2D eigenvalue weighted by Gasteiger charge is 2.05. The van der Waals surface area contributed by atoms with Gasteiger partial charge in [-0.1, -0.05) is 34.7 Å². The van der Waals surface area contributed by atoms with Crippen LogP contribution in [-0.2, 0) is 9.59 Å². The largest absolute Gasteiger partial charge is 0.493 e. The molecular formula is C22H23BrN2O4. The van der Waals surface area contributed by atoms with Crippen LogP contribution >= 0.6 is 15.9 Å². The van der Waals surface area contributed by atoms with Crippen LogP contribution in [0, 0.1) is 0 Å². The van der Waals surface area contributed by atoms with Crippen LogP contribution in [0.1, 0.15) is 12.0 Å². The lowest BCUT2D eigenvalue weighted by molar-refractivity contribution is -0.117. The SMILES string of the molecule is C=CCOc1ccc(/C=C/C(=O)NCCC(=O)Nc2ccc(Br)cc2)cc1OC. The number of amides is 2. The maximum Gasteiger partial charge on any atom is 0.244 e. The number of ether oxygens (including phenoxy) is 2. The standard InChI is InChI=1S/C22H23BrN2O4/c1-3-14-29-19-10-4-16(15-20(19)28-2)5-11-21(26)24-13-12-22(27)25-18-8-6-17(23)7-9-18/h3-11,15H,1,12-14H2,2H3,(H,24,26)(H,25,27)/b11-5+. The van der Waals surface area contributed by atoms with Crippen molar-refractivity contribution in [2.24, 2.45) is 0 Å². The number of carbonyl (C=O) groups is 2. The van der Waals surface area contributed by atoms with Crippen LogP contribution in [0.4, 0.5) is 5.69 Å². The lowest BCUT2D eigenvalue weighted by Gasteiger charge is -2.09. The highest BCUT2D eigenvalue weighted by atomic mass is 79.9. The van der Waals surface area contributed by atoms with Gasteiger partial charge >= 0.3 is 0 Å². The van der Waals surface area contributed by atoms with Crippen molar-refractivity contribution in [1.82, 2.24) is 5.32 Å². The average Bonchev–Trinajstić information content (AvgIpc) is 2.72. The Morgan fingerprint density at radius 2 is 1.90 bits per heavy atom. The Kier molecular flexibility index (Phi) is 8.98. The Hall–Kier alpha value is -3.06. The predicted molar refractivity (Wildman–Crippen MR) is 118 cm³/mol. The number of anilines is 1. The van der Waals surface area contributed by atoms with E-state index in [-0.39, 0.29) is 24.8 Å². The van der Waals surface area contributed by atoms with Crippen molar-refractivity contribution in [1.29, 1.82) is 0 Å². The molecule has 0 atom stereocenters. The van der Waals surface area contributed by atoms with Crippen molar-refractivity contribution in [3.8, 4) is 11.5 Å². The zero-order valence-corrected chi connectivity index (χ0v) is 17.7. The van der Waals surface area contributed by atoms with Crippen molar-refractivity contribution >= 4 is 39.5 Å². The molecule has 2 rings (SSSR count). The molecule has 6 nitrogen and oxygen atoms in total. The van der Waals surface area contributed by atoms with Crippen LogP contribution in [0.2, 0.25) is 0 Å². The van der Waals surface area contributed by atoms with E-state index in [1.54, 1.807) is 43.5 Å². The second-order valence-corrected chi connectivity index (χ2v) is 6.86. The van der Waals surface area contributed by atoms with Crippen LogP contribution in [0.25, 0.3) is 6.08 Å². The van der Waals surface area contributed by atoms with E-state index in [2.05, 4.69) is 33.1 Å². The highest BCUT2D eigenvalue weighted by Crippen LogP contribution is 2.28. The molecule has 0 unspecified atom stereocenters. The summed E-state index contributed by atoms with van der Waals surface area (Å²) in [6.45, 7) is 4.23. The molecule has 0 saturated heterocycles. The smallest absolute Gasteiger partial charge is 0.244 e. The minimum atomic E-state index is -0.285. The maximum atomic E-state index is 12.0. The van der Waals surface area contributed by atoms with Gasteiger partial charge in [-0.15, -0.1) is 0 Å². The lowest BCUT2D eigenvalue weighted by atomic mass is 10.2. The van der Waals surface area contributed by atoms with Gasteiger partial charge in [0.15, 0.2) is 11.5 Å². The Morgan fingerprint density at radius 1 is 1.14 bits per heavy atom. The first kappa shape index (κ1) is 22.2. The van der Waals surface area contributed by atoms with Gasteiger partial charge in [-0.2, -0.15) is 0 Å². The molecule has 0 aliphatic carbocycles. The topological polar surface area (TPSA) is 76.7 Å². The molecule has 2 amide bonds. The Bertz CT molecular complexity index is 879. The number of benzene rings is 2. The van der Waals surface area contributed by atoms with E-state index in [0.29, 0.717) is 23.8 Å². The Labute approximate surface area is 178 Å². The van der Waals surface area contributed by atoms with Gasteiger partial charge in [-0.25, -0.2) is 0 Å². The molecule has 0 aliphatic rings. The third kappa shape index (κ3) is 7.83. The van der Waals surface area contributed by atoms with E-state index >= 15 is 0 Å². The fraction of sp³-hybridized carbons (Fsp3) is 0.182. The van der Waals surface area contributed by atoms with E-state index in [0.717, 1.165) is 10.0 Å². The van der Waals surface area contributed by atoms with Crippen molar-refractivity contribution in [2.75, 3.05) is 25.6 Å². The number of hydrogen-bond donors (Lipinski definition) is 2. The number of rotatable bonds is 10. The molecule has 0 saturated carbocycles. The number of hydrogen-bond acceptors (Lipinski definition) is 4. The summed E-state index contributed by atoms with van der Waals surface area (Å²) in [5.74, 6) is 0.716. The molecular weight excluding hydrogens is 436 g/mol. The van der Waals surface area contributed by atoms with Crippen LogP contribution in [0.5, 0.6) is 11.5 Å². The summed E-state index contributed by atoms with van der Waals surface area (Å²) in [5, 5.41) is 5.46. The molecule has 152 valence electrons. The van der Waals surface area contributed by atoms with Crippen LogP contribution in [-0.4, -0.2) is 32.1 Å². The van der Waals surface area contributed by atoms with Gasteiger partial charge in [0.05, 0.1) is 7.11 Å². The predicted octanol–water partition coefficient (Wildman–Crippen LogP) is 4.18. The summed E-state index contributed by atoms with van der Waals surface area (Å²) in [6, 6.07) is 12.6. The summed E-state index contributed by atoms with van der Waals surface area (Å²) < 4.78 is 11.7. The van der Waals surface area contributed by atoms with Crippen LogP contribution < -0.4 is 20.1 Å². The molecule has 29 heavy (non-hydrogen) atoms. The van der Waals surface area contributed by atoms with Gasteiger partial charge in [-0.3, -0.25) is 9.59 Å². The Morgan fingerprint density at radius 3 is 2.59 bits per heavy atom. The summed E-state index contributed by atoms with van der Waals surface area (Å²) in [6.07, 6.45) is 4.90. The molecule has 0 radical (unpaired) electrons. The van der Waals surface area contributed by atoms with Gasteiger partial charge in [0.1, 0.15) is 6.61 Å². The van der Waals surface area contributed by atoms with Crippen molar-refractivity contribution in [2.45, 2.75) is 6.42 Å². The maximum absolute atomic E-state index is 12.0. The number of nitrogens with one attached hydrogen (secondary N) is 2. The number of methoxy groups -OCH3 is 1. The van der Waals surface area contributed by atoms with E-state index in [4.69, 9.17) is 9.47 Å². The summed E-state index contributed by atoms with van der Waals surface area (Å²) in [4.78, 5) is 23.9. The lowest BCUT2D eigenvalue weighted by Crippen LogP contribution is -2.26. The van der Waals surface area contributed by atoms with Crippen LogP contribution in [0.3, 0.4) is 0 Å². The highest BCUT2D eigenvalue weighted by molar-refractivity contribution is 9.10. The Balaban J connectivity index is 1.79. The minimum Gasteiger partial charge on any atom is -0.493 e. The average molecular weight is 459 g/mol. The van der Waals surface area contributed by atoms with Crippen molar-refractivity contribution in [3.63, 3.8) is 0 Å². The zero-order valence-electron chi connectivity index (χ0n) is 16.1. The third-order valence-electron chi connectivity index (χ3n) is 3.75. The zero-order chi connectivity index (χ0) is 21.1. The first-order chi connectivity index (χ1) is 14.0. The third-order valence-corrected chi connectivity index (χ3v) is 4.28. The fourth-order valence-corrected chi connectivity index (χ4v) is 2.61. The van der Waals surface area contributed by atoms with Gasteiger partial charge in [-0.05, 0) is 48.0 Å². The summed E-state index contributed by atoms with van der Waals surface area (Å²) in [7, 11) is 1.55. The molecule has 2 aromatic rings. The number of carbonyl (C=O) groups excluding carboxylic acids is 2. The van der Waals surface area contributed by atoms with Gasteiger partial charge < -0.3 is 20.1 Å². The molecule has 2 aromatic carbocycles. The van der Waals surface area contributed by atoms with Gasteiger partial charge in [0.25, 0.3) is 0 Å². The summed E-state index contributed by atoms with van der Waals surface area (Å²) in [5.41, 5.74) is 1.50. The quantitative estimate of drug-likeness (QED) is 0.413. The van der Waals surface area contributed by atoms with Crippen molar-refractivity contribution in [3.05, 3.63) is 71.2 Å². The molecule has 0 heterocycles. The molecule has 0 aromatic heterocycles. The monoisotopic (exact) mass is 458 g/mol. The second kappa shape index (κ2) is 11.7. The fourth-order valence-electron chi connectivity index (χ4n) is 2.34. The molecule has 0 bridgehead atoms. The molecule has 0 fully saturated rings. The molecule has 2 N–H and O–H groups in total. The number of halogens is 1. The van der Waals surface area contributed by atoms with Gasteiger partial charge in [0, 0.05) is 29.2 Å². The minimum absolute atomic E-state index is 0.170. The molecule has 7 heteroatoms. The summed E-state index contributed by atoms with van der Waals surface area (Å²) >= 11 is 3.34. The van der Waals surface area contributed by atoms with Crippen LogP contribution in [0.15, 0.2) is 65.7 Å². The first-order valence-electron chi connectivity index (χ1n) is 8.95. The van der Waals surface area contributed by atoms with E-state index in [9.17, 15) is 9.59 Å².